The molecule has 0 aliphatic rings. The average molecular weight is 304 g/mol. The summed E-state index contributed by atoms with van der Waals surface area (Å²) in [6.45, 7) is 10.2. The van der Waals surface area contributed by atoms with E-state index < -0.39 is 0 Å². The molecule has 0 amide bonds. The standard InChI is InChI=1S/C18H32N4/c1-5-19-18(21-14-15-22(4)16(2)3)20-13-9-12-17-10-7-6-8-11-17/h6-8,10-11,16H,5,9,12-15H2,1-4H3,(H2,19,20,21). The molecule has 1 aromatic rings. The Kier molecular flexibility index (Phi) is 9.31. The average Bonchev–Trinajstić information content (AvgIpc) is 2.52. The zero-order valence-electron chi connectivity index (χ0n) is 14.6. The van der Waals surface area contributed by atoms with Crippen LogP contribution in [0.1, 0.15) is 32.8 Å². The fraction of sp³-hybridized carbons (Fsp3) is 0.611. The first-order chi connectivity index (χ1) is 10.6. The highest BCUT2D eigenvalue weighted by molar-refractivity contribution is 5.79. The third-order valence-electron chi connectivity index (χ3n) is 3.72. The summed E-state index contributed by atoms with van der Waals surface area (Å²) >= 11 is 0. The lowest BCUT2D eigenvalue weighted by Crippen LogP contribution is -2.42. The lowest BCUT2D eigenvalue weighted by molar-refractivity contribution is 0.278. The van der Waals surface area contributed by atoms with Gasteiger partial charge in [0, 0.05) is 32.2 Å². The van der Waals surface area contributed by atoms with Crippen molar-refractivity contribution in [2.45, 2.75) is 39.7 Å². The maximum atomic E-state index is 4.65. The topological polar surface area (TPSA) is 39.7 Å². The van der Waals surface area contributed by atoms with Gasteiger partial charge in [0.2, 0.25) is 0 Å². The SMILES string of the molecule is CCNC(=NCCCc1ccccc1)NCCN(C)C(C)C. The highest BCUT2D eigenvalue weighted by Gasteiger charge is 2.03. The number of aryl methyl sites for hydroxylation is 1. The van der Waals surface area contributed by atoms with Crippen LogP contribution in [-0.4, -0.2) is 50.1 Å². The predicted molar refractivity (Wildman–Crippen MR) is 96.5 cm³/mol. The molecule has 22 heavy (non-hydrogen) atoms. The van der Waals surface area contributed by atoms with E-state index >= 15 is 0 Å². The summed E-state index contributed by atoms with van der Waals surface area (Å²) in [7, 11) is 2.15. The molecule has 0 aliphatic heterocycles. The van der Waals surface area contributed by atoms with Gasteiger partial charge in [0.1, 0.15) is 0 Å². The lowest BCUT2D eigenvalue weighted by Gasteiger charge is -2.21. The van der Waals surface area contributed by atoms with Crippen LogP contribution in [0.3, 0.4) is 0 Å². The van der Waals surface area contributed by atoms with E-state index in [1.165, 1.54) is 5.56 Å². The minimum Gasteiger partial charge on any atom is -0.357 e. The summed E-state index contributed by atoms with van der Waals surface area (Å²) in [5.41, 5.74) is 1.38. The maximum Gasteiger partial charge on any atom is 0.191 e. The van der Waals surface area contributed by atoms with Crippen LogP contribution in [0.2, 0.25) is 0 Å². The van der Waals surface area contributed by atoms with E-state index in [2.05, 4.69) is 78.7 Å². The van der Waals surface area contributed by atoms with E-state index in [0.717, 1.165) is 45.0 Å². The number of benzene rings is 1. The van der Waals surface area contributed by atoms with E-state index in [0.29, 0.717) is 6.04 Å². The van der Waals surface area contributed by atoms with Crippen LogP contribution in [0.4, 0.5) is 0 Å². The van der Waals surface area contributed by atoms with E-state index in [-0.39, 0.29) is 0 Å². The van der Waals surface area contributed by atoms with Crippen LogP contribution in [0.15, 0.2) is 35.3 Å². The van der Waals surface area contributed by atoms with Gasteiger partial charge in [-0.05, 0) is 46.2 Å². The summed E-state index contributed by atoms with van der Waals surface area (Å²) in [5, 5.41) is 6.71. The number of hydrogen-bond donors (Lipinski definition) is 2. The zero-order chi connectivity index (χ0) is 16.2. The fourth-order valence-corrected chi connectivity index (χ4v) is 2.07. The van der Waals surface area contributed by atoms with Gasteiger partial charge >= 0.3 is 0 Å². The molecule has 0 bridgehead atoms. The van der Waals surface area contributed by atoms with Crippen LogP contribution in [0.5, 0.6) is 0 Å². The van der Waals surface area contributed by atoms with Gasteiger partial charge in [-0.1, -0.05) is 30.3 Å². The molecule has 124 valence electrons. The van der Waals surface area contributed by atoms with Crippen molar-refractivity contribution < 1.29 is 0 Å². The molecule has 0 aromatic heterocycles. The van der Waals surface area contributed by atoms with Crippen molar-refractivity contribution >= 4 is 5.96 Å². The molecule has 4 nitrogen and oxygen atoms in total. The molecule has 4 heteroatoms. The molecule has 1 aromatic carbocycles. The van der Waals surface area contributed by atoms with Crippen molar-refractivity contribution in [1.29, 1.82) is 0 Å². The molecule has 0 atom stereocenters. The zero-order valence-corrected chi connectivity index (χ0v) is 14.6. The van der Waals surface area contributed by atoms with Crippen molar-refractivity contribution in [3.63, 3.8) is 0 Å². The first-order valence-corrected chi connectivity index (χ1v) is 8.39. The monoisotopic (exact) mass is 304 g/mol. The van der Waals surface area contributed by atoms with Crippen LogP contribution in [0.25, 0.3) is 0 Å². The molecule has 0 heterocycles. The quantitative estimate of drug-likeness (QED) is 0.418. The summed E-state index contributed by atoms with van der Waals surface area (Å²) in [4.78, 5) is 6.97. The number of hydrogen-bond acceptors (Lipinski definition) is 2. The van der Waals surface area contributed by atoms with Crippen LogP contribution in [0, 0.1) is 0 Å². The molecule has 0 saturated heterocycles. The molecule has 0 radical (unpaired) electrons. The Hall–Kier alpha value is -1.55. The van der Waals surface area contributed by atoms with Gasteiger partial charge in [0.25, 0.3) is 0 Å². The molecule has 0 fully saturated rings. The lowest BCUT2D eigenvalue weighted by atomic mass is 10.1. The first-order valence-electron chi connectivity index (χ1n) is 8.39. The second-order valence-corrected chi connectivity index (χ2v) is 5.85. The minimum atomic E-state index is 0.576. The van der Waals surface area contributed by atoms with Crippen LogP contribution in [-0.2, 0) is 6.42 Å². The van der Waals surface area contributed by atoms with Crippen molar-refractivity contribution in [1.82, 2.24) is 15.5 Å². The van der Waals surface area contributed by atoms with Gasteiger partial charge in [-0.3, -0.25) is 4.99 Å². The number of guanidine groups is 1. The van der Waals surface area contributed by atoms with Crippen molar-refractivity contribution in [3.05, 3.63) is 35.9 Å². The van der Waals surface area contributed by atoms with Crippen molar-refractivity contribution in [2.24, 2.45) is 4.99 Å². The van der Waals surface area contributed by atoms with Gasteiger partial charge in [0.05, 0.1) is 0 Å². The number of nitrogens with zero attached hydrogens (tertiary/aromatic N) is 2. The van der Waals surface area contributed by atoms with Gasteiger partial charge in [-0.25, -0.2) is 0 Å². The number of rotatable bonds is 9. The molecule has 0 aliphatic carbocycles. The Labute approximate surface area is 136 Å². The summed E-state index contributed by atoms with van der Waals surface area (Å²) in [6.07, 6.45) is 2.16. The van der Waals surface area contributed by atoms with Crippen LogP contribution >= 0.6 is 0 Å². The van der Waals surface area contributed by atoms with Gasteiger partial charge in [-0.15, -0.1) is 0 Å². The molecule has 2 N–H and O–H groups in total. The Balaban J connectivity index is 2.29. The molecule has 1 rings (SSSR count). The second kappa shape index (κ2) is 11.1. The van der Waals surface area contributed by atoms with Gasteiger partial charge in [0.15, 0.2) is 5.96 Å². The number of likely N-dealkylation sites (N-methyl/N-ethyl adjacent to an activating group) is 1. The number of nitrogens with one attached hydrogen (secondary N) is 2. The largest absolute Gasteiger partial charge is 0.357 e. The summed E-state index contributed by atoms with van der Waals surface area (Å²) in [5.74, 6) is 0.924. The highest BCUT2D eigenvalue weighted by Crippen LogP contribution is 2.02. The molecular weight excluding hydrogens is 272 g/mol. The predicted octanol–water partition coefficient (Wildman–Crippen LogP) is 2.51. The van der Waals surface area contributed by atoms with Gasteiger partial charge < -0.3 is 15.5 Å². The molecule has 0 spiro atoms. The van der Waals surface area contributed by atoms with Crippen LogP contribution < -0.4 is 10.6 Å². The molecule has 0 saturated carbocycles. The Morgan fingerprint density at radius 1 is 1.18 bits per heavy atom. The Morgan fingerprint density at radius 3 is 2.55 bits per heavy atom. The maximum absolute atomic E-state index is 4.65. The second-order valence-electron chi connectivity index (χ2n) is 5.85. The smallest absolute Gasteiger partial charge is 0.191 e. The van der Waals surface area contributed by atoms with Gasteiger partial charge in [-0.2, -0.15) is 0 Å². The number of aliphatic imine (C=N–C) groups is 1. The summed E-state index contributed by atoms with van der Waals surface area (Å²) in [6, 6.07) is 11.2. The first kappa shape index (κ1) is 18.5. The van der Waals surface area contributed by atoms with Crippen molar-refractivity contribution in [2.75, 3.05) is 33.2 Å². The van der Waals surface area contributed by atoms with E-state index in [9.17, 15) is 0 Å². The third kappa shape index (κ3) is 8.03. The van der Waals surface area contributed by atoms with Crippen molar-refractivity contribution in [3.8, 4) is 0 Å². The Bertz CT molecular complexity index is 414. The minimum absolute atomic E-state index is 0.576. The van der Waals surface area contributed by atoms with E-state index in [4.69, 9.17) is 0 Å². The normalized spacial score (nSPS) is 12.0. The highest BCUT2D eigenvalue weighted by atomic mass is 15.2. The third-order valence-corrected chi connectivity index (χ3v) is 3.72. The fourth-order valence-electron chi connectivity index (χ4n) is 2.07. The van der Waals surface area contributed by atoms with E-state index in [1.807, 2.05) is 0 Å². The molecule has 0 unspecified atom stereocenters. The summed E-state index contributed by atoms with van der Waals surface area (Å²) < 4.78 is 0. The Morgan fingerprint density at radius 2 is 1.91 bits per heavy atom. The van der Waals surface area contributed by atoms with E-state index in [1.54, 1.807) is 0 Å². The molecular formula is C18H32N4.